The summed E-state index contributed by atoms with van der Waals surface area (Å²) in [6, 6.07) is 109. The van der Waals surface area contributed by atoms with Crippen LogP contribution in [0.2, 0.25) is 0 Å². The number of benzene rings is 15. The minimum absolute atomic E-state index is 1.10. The van der Waals surface area contributed by atoms with Crippen LogP contribution in [0.5, 0.6) is 0 Å². The van der Waals surface area contributed by atoms with Crippen LogP contribution in [-0.2, 0) is 0 Å². The van der Waals surface area contributed by atoms with Crippen LogP contribution in [0.3, 0.4) is 0 Å². The lowest BCUT2D eigenvalue weighted by Gasteiger charge is -2.28. The van der Waals surface area contributed by atoms with Crippen molar-refractivity contribution in [2.45, 2.75) is 27.7 Å². The number of fused-ring (bicyclic) bond motifs is 12. The molecule has 0 saturated heterocycles. The summed E-state index contributed by atoms with van der Waals surface area (Å²) in [5.74, 6) is 0. The van der Waals surface area contributed by atoms with E-state index in [2.05, 4.69) is 329 Å². The maximum Gasteiger partial charge on any atom is 0.0473 e. The highest BCUT2D eigenvalue weighted by molar-refractivity contribution is 6.33. The van der Waals surface area contributed by atoms with E-state index in [4.69, 9.17) is 0 Å². The summed E-state index contributed by atoms with van der Waals surface area (Å²) in [5, 5.41) is 14.8. The van der Waals surface area contributed by atoms with Gasteiger partial charge in [-0.2, -0.15) is 0 Å². The van der Waals surface area contributed by atoms with Crippen molar-refractivity contribution in [1.29, 1.82) is 0 Å². The van der Waals surface area contributed by atoms with Gasteiger partial charge in [-0.05, 0) is 234 Å². The molecule has 0 aliphatic heterocycles. The molecule has 0 bridgehead atoms. The van der Waals surface area contributed by atoms with Gasteiger partial charge in [0.25, 0.3) is 0 Å². The van der Waals surface area contributed by atoms with Crippen molar-refractivity contribution < 1.29 is 0 Å². The highest BCUT2D eigenvalue weighted by Crippen LogP contribution is 2.48. The smallest absolute Gasteiger partial charge is 0.0473 e. The summed E-state index contributed by atoms with van der Waals surface area (Å²) < 4.78 is 0. The van der Waals surface area contributed by atoms with Gasteiger partial charge in [0.15, 0.2) is 0 Å². The van der Waals surface area contributed by atoms with Crippen LogP contribution in [0.1, 0.15) is 22.3 Å². The second-order valence-electron chi connectivity index (χ2n) is 22.8. The number of anilines is 6. The lowest BCUT2D eigenvalue weighted by atomic mass is 9.88. The Morgan fingerprint density at radius 2 is 0.405 bits per heavy atom. The lowest BCUT2D eigenvalue weighted by Crippen LogP contribution is -2.10. The van der Waals surface area contributed by atoms with E-state index in [1.54, 1.807) is 0 Å². The van der Waals surface area contributed by atoms with Crippen molar-refractivity contribution in [1.82, 2.24) is 0 Å². The van der Waals surface area contributed by atoms with E-state index in [0.29, 0.717) is 0 Å². The molecule has 0 unspecified atom stereocenters. The number of aryl methyl sites for hydroxylation is 4. The van der Waals surface area contributed by atoms with Crippen molar-refractivity contribution in [3.05, 3.63) is 313 Å². The van der Waals surface area contributed by atoms with E-state index in [-0.39, 0.29) is 0 Å². The molecule has 0 atom stereocenters. The van der Waals surface area contributed by atoms with Crippen molar-refractivity contribution in [3.63, 3.8) is 0 Å². The Bertz CT molecular complexity index is 4560. The summed E-state index contributed by atoms with van der Waals surface area (Å²) in [6.45, 7) is 8.61. The molecular formula is C82H60N2. The molecule has 0 heterocycles. The maximum absolute atomic E-state index is 2.49. The molecule has 2 heteroatoms. The Labute approximate surface area is 491 Å². The van der Waals surface area contributed by atoms with Crippen molar-refractivity contribution >= 4 is 98.8 Å². The third-order valence-electron chi connectivity index (χ3n) is 17.2. The van der Waals surface area contributed by atoms with E-state index < -0.39 is 0 Å². The number of hydrogen-bond donors (Lipinski definition) is 0. The van der Waals surface area contributed by atoms with Crippen LogP contribution >= 0.6 is 0 Å². The van der Waals surface area contributed by atoms with E-state index in [0.717, 1.165) is 34.1 Å². The Balaban J connectivity index is 0.922. The van der Waals surface area contributed by atoms with Gasteiger partial charge in [-0.1, -0.05) is 216 Å². The first kappa shape index (κ1) is 50.4. The van der Waals surface area contributed by atoms with Crippen molar-refractivity contribution in [2.24, 2.45) is 0 Å². The summed E-state index contributed by atoms with van der Waals surface area (Å²) in [4.78, 5) is 4.87. The van der Waals surface area contributed by atoms with Gasteiger partial charge in [0.1, 0.15) is 0 Å². The molecule has 15 aromatic carbocycles. The standard InChI is InChI=1S/C82H60N2/c1-53-23-31-57(32-24-53)61-43-62(58-33-25-54(2)26-34-58)46-69(45-61)83(65-15-7-5-8-16-65)67-39-41-75-77(49-67)71-19-11-13-21-73(71)79-52-82-76-42-40-68(50-78(76)72-20-12-14-22-74(72)80(82)51-81(75)79)84(66-17-9-6-10-18-66)70-47-63(59-35-27-55(3)28-36-59)44-64(48-70)60-37-29-56(4)30-38-60/h5-52H,1-4H3. The number of hydrogen-bond acceptors (Lipinski definition) is 2. The predicted octanol–water partition coefficient (Wildman–Crippen LogP) is 23.4. The number of rotatable bonds is 10. The van der Waals surface area contributed by atoms with Gasteiger partial charge in [0, 0.05) is 34.1 Å². The Morgan fingerprint density at radius 3 is 0.690 bits per heavy atom. The van der Waals surface area contributed by atoms with Gasteiger partial charge in [-0.3, -0.25) is 0 Å². The van der Waals surface area contributed by atoms with E-state index in [1.165, 1.54) is 131 Å². The molecule has 0 aromatic heterocycles. The largest absolute Gasteiger partial charge is 0.310 e. The zero-order valence-corrected chi connectivity index (χ0v) is 47.6. The fraction of sp³-hybridized carbons (Fsp3) is 0.0488. The molecule has 0 fully saturated rings. The fourth-order valence-corrected chi connectivity index (χ4v) is 12.8. The van der Waals surface area contributed by atoms with E-state index in [9.17, 15) is 0 Å². The average Bonchev–Trinajstić information content (AvgIpc) is 2.24. The number of nitrogens with zero attached hydrogens (tertiary/aromatic N) is 2. The summed E-state index contributed by atoms with van der Waals surface area (Å²) in [7, 11) is 0. The van der Waals surface area contributed by atoms with Gasteiger partial charge >= 0.3 is 0 Å². The van der Waals surface area contributed by atoms with Gasteiger partial charge in [0.05, 0.1) is 0 Å². The molecule has 0 aliphatic carbocycles. The molecule has 0 amide bonds. The lowest BCUT2D eigenvalue weighted by molar-refractivity contribution is 1.29. The third-order valence-corrected chi connectivity index (χ3v) is 17.2. The zero-order chi connectivity index (χ0) is 56.4. The summed E-state index contributed by atoms with van der Waals surface area (Å²) in [5.41, 5.74) is 21.0. The average molecular weight is 1070 g/mol. The van der Waals surface area contributed by atoms with Crippen molar-refractivity contribution in [2.75, 3.05) is 9.80 Å². The van der Waals surface area contributed by atoms with Gasteiger partial charge in [-0.25, -0.2) is 0 Å². The normalized spacial score (nSPS) is 11.6. The topological polar surface area (TPSA) is 6.48 Å². The van der Waals surface area contributed by atoms with Crippen LogP contribution in [0, 0.1) is 27.7 Å². The second kappa shape index (κ2) is 20.8. The molecule has 398 valence electrons. The Hall–Kier alpha value is -10.5. The quantitative estimate of drug-likeness (QED) is 0.0995. The molecule has 84 heavy (non-hydrogen) atoms. The first-order chi connectivity index (χ1) is 41.2. The zero-order valence-electron chi connectivity index (χ0n) is 47.6. The summed E-state index contributed by atoms with van der Waals surface area (Å²) in [6.07, 6.45) is 0. The Kier molecular flexibility index (Phi) is 12.5. The molecule has 0 N–H and O–H groups in total. The van der Waals surface area contributed by atoms with Crippen LogP contribution in [0.15, 0.2) is 291 Å². The van der Waals surface area contributed by atoms with Crippen LogP contribution < -0.4 is 9.80 Å². The van der Waals surface area contributed by atoms with E-state index in [1.807, 2.05) is 0 Å². The minimum Gasteiger partial charge on any atom is -0.310 e. The molecule has 15 rings (SSSR count). The highest BCUT2D eigenvalue weighted by atomic mass is 15.1. The molecule has 15 aromatic rings. The van der Waals surface area contributed by atoms with Crippen LogP contribution in [0.25, 0.3) is 109 Å². The molecule has 0 radical (unpaired) electrons. The maximum atomic E-state index is 2.49. The molecule has 0 spiro atoms. The van der Waals surface area contributed by atoms with Gasteiger partial charge in [-0.15, -0.1) is 0 Å². The molecular weight excluding hydrogens is 1010 g/mol. The van der Waals surface area contributed by atoms with E-state index >= 15 is 0 Å². The molecule has 0 aliphatic rings. The van der Waals surface area contributed by atoms with Crippen LogP contribution in [0.4, 0.5) is 34.1 Å². The third kappa shape index (κ3) is 9.10. The predicted molar refractivity (Wildman–Crippen MR) is 362 cm³/mol. The fourth-order valence-electron chi connectivity index (χ4n) is 12.8. The summed E-state index contributed by atoms with van der Waals surface area (Å²) >= 11 is 0. The minimum atomic E-state index is 1.10. The number of para-hydroxylation sites is 2. The monoisotopic (exact) mass is 1070 g/mol. The highest BCUT2D eigenvalue weighted by Gasteiger charge is 2.22. The van der Waals surface area contributed by atoms with Gasteiger partial charge < -0.3 is 9.80 Å². The van der Waals surface area contributed by atoms with Gasteiger partial charge in [0.2, 0.25) is 0 Å². The first-order valence-corrected chi connectivity index (χ1v) is 29.2. The molecule has 0 saturated carbocycles. The first-order valence-electron chi connectivity index (χ1n) is 29.2. The Morgan fingerprint density at radius 1 is 0.155 bits per heavy atom. The second-order valence-corrected chi connectivity index (χ2v) is 22.8. The van der Waals surface area contributed by atoms with Crippen LogP contribution in [-0.4, -0.2) is 0 Å². The molecule has 2 nitrogen and oxygen atoms in total. The SMILES string of the molecule is Cc1ccc(-c2cc(-c3ccc(C)cc3)cc(N(c3ccccc3)c3ccc4c(c3)c3ccccc3c3cc5c6ccc(N(c7ccccc7)c7cc(-c8ccc(C)cc8)cc(-c8ccc(C)cc8)c7)cc6c6ccccc6c5cc43)c2)cc1. The van der Waals surface area contributed by atoms with Crippen molar-refractivity contribution in [3.8, 4) is 44.5 Å².